The van der Waals surface area contributed by atoms with E-state index in [-0.39, 0.29) is 10.8 Å². The van der Waals surface area contributed by atoms with Crippen molar-refractivity contribution >= 4 is 46.2 Å². The predicted octanol–water partition coefficient (Wildman–Crippen LogP) is 6.57. The molecule has 0 bridgehead atoms. The molecule has 0 unspecified atom stereocenters. The Morgan fingerprint density at radius 1 is 1.07 bits per heavy atom. The van der Waals surface area contributed by atoms with Crippen LogP contribution in [0.3, 0.4) is 0 Å². The molecule has 3 aromatic carbocycles. The van der Waals surface area contributed by atoms with Gasteiger partial charge in [0.1, 0.15) is 11.3 Å². The predicted molar refractivity (Wildman–Crippen MR) is 110 cm³/mol. The van der Waals surface area contributed by atoms with Crippen molar-refractivity contribution in [1.82, 2.24) is 4.98 Å². The summed E-state index contributed by atoms with van der Waals surface area (Å²) in [5.41, 5.74) is 4.62. The molecule has 4 rings (SSSR count). The van der Waals surface area contributed by atoms with E-state index in [9.17, 15) is 5.11 Å². The van der Waals surface area contributed by atoms with Crippen molar-refractivity contribution in [3.8, 4) is 17.2 Å². The molecule has 0 radical (unpaired) electrons. The number of hydrogen-bond donors (Lipinski definition) is 1. The molecule has 0 aliphatic rings. The number of nitrogens with zero attached hydrogens (tertiary/aromatic N) is 2. The van der Waals surface area contributed by atoms with Gasteiger partial charge in [0.15, 0.2) is 5.58 Å². The van der Waals surface area contributed by atoms with Crippen LogP contribution in [0, 0.1) is 6.92 Å². The van der Waals surface area contributed by atoms with Gasteiger partial charge in [0.25, 0.3) is 0 Å². The second-order valence-corrected chi connectivity index (χ2v) is 6.97. The number of aromatic hydroxyl groups is 1. The van der Waals surface area contributed by atoms with E-state index in [1.54, 1.807) is 6.07 Å². The fourth-order valence-electron chi connectivity index (χ4n) is 2.71. The van der Waals surface area contributed by atoms with E-state index >= 15 is 0 Å². The number of halogens is 2. The summed E-state index contributed by atoms with van der Waals surface area (Å²) in [7, 11) is 0. The molecule has 1 heterocycles. The van der Waals surface area contributed by atoms with Crippen molar-refractivity contribution in [3.05, 3.63) is 75.8 Å². The van der Waals surface area contributed by atoms with Gasteiger partial charge in [0.2, 0.25) is 5.89 Å². The van der Waals surface area contributed by atoms with Crippen molar-refractivity contribution in [2.45, 2.75) is 6.92 Å². The molecular weight excluding hydrogens is 383 g/mol. The van der Waals surface area contributed by atoms with Gasteiger partial charge in [-0.2, -0.15) is 0 Å². The molecule has 4 nitrogen and oxygen atoms in total. The number of fused-ring (bicyclic) bond motifs is 1. The highest BCUT2D eigenvalue weighted by Gasteiger charge is 2.09. The average Bonchev–Trinajstić information content (AvgIpc) is 3.07. The maximum absolute atomic E-state index is 10.0. The lowest BCUT2D eigenvalue weighted by Crippen LogP contribution is -1.84. The summed E-state index contributed by atoms with van der Waals surface area (Å²) in [4.78, 5) is 8.95. The largest absolute Gasteiger partial charge is 0.506 e. The van der Waals surface area contributed by atoms with E-state index in [0.717, 1.165) is 22.2 Å². The lowest BCUT2D eigenvalue weighted by Gasteiger charge is -2.02. The average molecular weight is 397 g/mol. The number of oxazole rings is 1. The second-order valence-electron chi connectivity index (χ2n) is 6.12. The molecule has 6 heteroatoms. The Kier molecular flexibility index (Phi) is 4.60. The zero-order valence-electron chi connectivity index (χ0n) is 14.3. The number of phenolic OH excluding ortho intramolecular Hbond substituents is 1. The first-order valence-corrected chi connectivity index (χ1v) is 8.95. The summed E-state index contributed by atoms with van der Waals surface area (Å²) >= 11 is 11.9. The lowest BCUT2D eigenvalue weighted by molar-refractivity contribution is 0.475. The first-order valence-electron chi connectivity index (χ1n) is 8.19. The van der Waals surface area contributed by atoms with Crippen LogP contribution in [-0.2, 0) is 0 Å². The summed E-state index contributed by atoms with van der Waals surface area (Å²) in [5, 5.41) is 10.6. The van der Waals surface area contributed by atoms with Gasteiger partial charge in [-0.1, -0.05) is 35.3 Å². The molecular formula is C21H14Cl2N2O2. The van der Waals surface area contributed by atoms with Crippen LogP contribution in [-0.4, -0.2) is 16.3 Å². The Bertz CT molecular complexity index is 1180. The van der Waals surface area contributed by atoms with Crippen LogP contribution in [0.15, 0.2) is 64.0 Å². The molecule has 4 aromatic rings. The molecule has 0 amide bonds. The summed E-state index contributed by atoms with van der Waals surface area (Å²) in [6.07, 6.45) is 1.52. The number of phenols is 1. The van der Waals surface area contributed by atoms with Crippen molar-refractivity contribution in [1.29, 1.82) is 0 Å². The summed E-state index contributed by atoms with van der Waals surface area (Å²) in [6, 6.07) is 16.4. The quantitative estimate of drug-likeness (QED) is 0.398. The summed E-state index contributed by atoms with van der Waals surface area (Å²) in [5.74, 6) is 0.469. The second kappa shape index (κ2) is 7.06. The Morgan fingerprint density at radius 3 is 2.78 bits per heavy atom. The Labute approximate surface area is 165 Å². The SMILES string of the molecule is Cc1ccc2oc(-c3cccc(N=Cc4cc(Cl)cc(Cl)c4O)c3)nc2c1. The van der Waals surface area contributed by atoms with Crippen LogP contribution in [0.25, 0.3) is 22.6 Å². The molecule has 1 N–H and O–H groups in total. The van der Waals surface area contributed by atoms with Crippen molar-refractivity contribution < 1.29 is 9.52 Å². The number of aryl methyl sites for hydroxylation is 1. The summed E-state index contributed by atoms with van der Waals surface area (Å²) < 4.78 is 5.84. The van der Waals surface area contributed by atoms with Gasteiger partial charge in [0.05, 0.1) is 10.7 Å². The first-order chi connectivity index (χ1) is 13.0. The highest BCUT2D eigenvalue weighted by molar-refractivity contribution is 6.36. The van der Waals surface area contributed by atoms with Crippen LogP contribution in [0.5, 0.6) is 5.75 Å². The first kappa shape index (κ1) is 17.6. The van der Waals surface area contributed by atoms with E-state index in [1.165, 1.54) is 12.3 Å². The van der Waals surface area contributed by atoms with E-state index in [0.29, 0.717) is 22.2 Å². The van der Waals surface area contributed by atoms with Gasteiger partial charge in [-0.25, -0.2) is 4.98 Å². The topological polar surface area (TPSA) is 58.6 Å². The normalized spacial score (nSPS) is 11.5. The summed E-state index contributed by atoms with van der Waals surface area (Å²) in [6.45, 7) is 2.01. The maximum atomic E-state index is 10.0. The molecule has 0 saturated carbocycles. The van der Waals surface area contributed by atoms with Crippen LogP contribution in [0.4, 0.5) is 5.69 Å². The molecule has 0 spiro atoms. The van der Waals surface area contributed by atoms with Crippen LogP contribution < -0.4 is 0 Å². The standard InChI is InChI=1S/C21H14Cl2N2O2/c1-12-5-6-19-18(7-12)25-21(27-19)13-3-2-4-16(9-13)24-11-14-8-15(22)10-17(23)20(14)26/h2-11,26H,1H3. The Morgan fingerprint density at radius 2 is 1.93 bits per heavy atom. The van der Waals surface area contributed by atoms with Gasteiger partial charge in [-0.15, -0.1) is 0 Å². The Hall–Kier alpha value is -2.82. The minimum absolute atomic E-state index is 0.0599. The molecule has 1 aromatic heterocycles. The molecule has 0 saturated heterocycles. The molecule has 0 aliphatic carbocycles. The van der Waals surface area contributed by atoms with E-state index in [4.69, 9.17) is 27.6 Å². The third kappa shape index (κ3) is 3.68. The van der Waals surface area contributed by atoms with Crippen molar-refractivity contribution in [2.75, 3.05) is 0 Å². The van der Waals surface area contributed by atoms with Gasteiger partial charge < -0.3 is 9.52 Å². The smallest absolute Gasteiger partial charge is 0.227 e. The van der Waals surface area contributed by atoms with E-state index < -0.39 is 0 Å². The highest BCUT2D eigenvalue weighted by Crippen LogP contribution is 2.31. The van der Waals surface area contributed by atoms with Crippen LogP contribution in [0.1, 0.15) is 11.1 Å². The Balaban J connectivity index is 1.68. The highest BCUT2D eigenvalue weighted by atomic mass is 35.5. The molecule has 27 heavy (non-hydrogen) atoms. The molecule has 0 fully saturated rings. The van der Waals surface area contributed by atoms with Crippen LogP contribution >= 0.6 is 23.2 Å². The van der Waals surface area contributed by atoms with Crippen LogP contribution in [0.2, 0.25) is 10.0 Å². The van der Waals surface area contributed by atoms with Gasteiger partial charge >= 0.3 is 0 Å². The number of hydrogen-bond acceptors (Lipinski definition) is 4. The van der Waals surface area contributed by atoms with Gasteiger partial charge in [-0.05, 0) is 55.0 Å². The number of rotatable bonds is 3. The maximum Gasteiger partial charge on any atom is 0.227 e. The minimum atomic E-state index is -0.0599. The van der Waals surface area contributed by atoms with Gasteiger partial charge in [0, 0.05) is 22.4 Å². The monoisotopic (exact) mass is 396 g/mol. The van der Waals surface area contributed by atoms with Gasteiger partial charge in [-0.3, -0.25) is 4.99 Å². The number of aliphatic imine (C=N–C) groups is 1. The van der Waals surface area contributed by atoms with E-state index in [2.05, 4.69) is 9.98 Å². The fourth-order valence-corrected chi connectivity index (χ4v) is 3.22. The molecule has 134 valence electrons. The van der Waals surface area contributed by atoms with Crippen molar-refractivity contribution in [3.63, 3.8) is 0 Å². The molecule has 0 aliphatic heterocycles. The number of aromatic nitrogens is 1. The fraction of sp³-hybridized carbons (Fsp3) is 0.0476. The zero-order chi connectivity index (χ0) is 19.0. The zero-order valence-corrected chi connectivity index (χ0v) is 15.8. The molecule has 0 atom stereocenters. The third-order valence-electron chi connectivity index (χ3n) is 4.05. The third-order valence-corrected chi connectivity index (χ3v) is 4.55. The van der Waals surface area contributed by atoms with Crippen molar-refractivity contribution in [2.24, 2.45) is 4.99 Å². The lowest BCUT2D eigenvalue weighted by atomic mass is 10.2. The number of benzene rings is 3. The minimum Gasteiger partial charge on any atom is -0.506 e. The van der Waals surface area contributed by atoms with E-state index in [1.807, 2.05) is 49.4 Å².